The van der Waals surface area contributed by atoms with E-state index >= 15 is 0 Å². The maximum atomic E-state index is 4.62. The van der Waals surface area contributed by atoms with E-state index in [1.54, 1.807) is 0 Å². The number of hydrogen-bond acceptors (Lipinski definition) is 2. The summed E-state index contributed by atoms with van der Waals surface area (Å²) in [5.41, 5.74) is 7.76. The Labute approximate surface area is 229 Å². The highest BCUT2D eigenvalue weighted by atomic mass is 15.1. The Morgan fingerprint density at radius 1 is 0.919 bits per heavy atom. The van der Waals surface area contributed by atoms with Crippen LogP contribution in [0.25, 0.3) is 11.1 Å². The molecule has 0 unspecified atom stereocenters. The molecule has 1 aromatic rings. The van der Waals surface area contributed by atoms with E-state index in [2.05, 4.69) is 87.5 Å². The van der Waals surface area contributed by atoms with E-state index in [1.807, 2.05) is 0 Å². The first-order valence-electron chi connectivity index (χ1n) is 15.3. The van der Waals surface area contributed by atoms with Crippen molar-refractivity contribution in [3.8, 4) is 0 Å². The number of allylic oxidation sites excluding steroid dienone is 4. The van der Waals surface area contributed by atoms with E-state index in [0.29, 0.717) is 5.92 Å². The van der Waals surface area contributed by atoms with Crippen LogP contribution in [0.15, 0.2) is 60.8 Å². The van der Waals surface area contributed by atoms with Gasteiger partial charge in [0.1, 0.15) is 0 Å². The van der Waals surface area contributed by atoms with Crippen LogP contribution in [0.1, 0.15) is 103 Å². The van der Waals surface area contributed by atoms with Crippen LogP contribution in [0.3, 0.4) is 0 Å². The highest BCUT2D eigenvalue weighted by molar-refractivity contribution is 5.89. The van der Waals surface area contributed by atoms with Gasteiger partial charge in [-0.15, -0.1) is 0 Å². The van der Waals surface area contributed by atoms with E-state index < -0.39 is 0 Å². The van der Waals surface area contributed by atoms with Gasteiger partial charge in [0, 0.05) is 24.4 Å². The number of piperidine rings is 2. The molecule has 1 aromatic carbocycles. The highest BCUT2D eigenvalue weighted by Crippen LogP contribution is 2.39. The number of likely N-dealkylation sites (tertiary alicyclic amines) is 1. The van der Waals surface area contributed by atoms with Crippen LogP contribution >= 0.6 is 0 Å². The molecular formula is C35H54N2. The van der Waals surface area contributed by atoms with Crippen LogP contribution in [-0.2, 0) is 0 Å². The van der Waals surface area contributed by atoms with E-state index in [4.69, 9.17) is 0 Å². The molecule has 0 saturated carbocycles. The lowest BCUT2D eigenvalue weighted by Gasteiger charge is -2.37. The van der Waals surface area contributed by atoms with E-state index in [0.717, 1.165) is 37.8 Å². The van der Waals surface area contributed by atoms with Crippen LogP contribution in [0, 0.1) is 17.8 Å². The van der Waals surface area contributed by atoms with Gasteiger partial charge in [-0.25, -0.2) is 0 Å². The van der Waals surface area contributed by atoms with Crippen molar-refractivity contribution in [3.63, 3.8) is 0 Å². The molecule has 0 bridgehead atoms. The van der Waals surface area contributed by atoms with Crippen LogP contribution in [0.5, 0.6) is 0 Å². The van der Waals surface area contributed by atoms with Crippen molar-refractivity contribution >= 4 is 11.1 Å². The van der Waals surface area contributed by atoms with Gasteiger partial charge in [0.15, 0.2) is 0 Å². The third-order valence-electron chi connectivity index (χ3n) is 8.40. The molecule has 2 heteroatoms. The predicted octanol–water partition coefficient (Wildman–Crippen LogP) is 9.27. The second-order valence-corrected chi connectivity index (χ2v) is 11.7. The summed E-state index contributed by atoms with van der Waals surface area (Å²) >= 11 is 0. The van der Waals surface area contributed by atoms with Crippen molar-refractivity contribution in [2.24, 2.45) is 17.8 Å². The minimum Gasteiger partial charge on any atom is -0.372 e. The molecule has 2 heterocycles. The number of nitrogens with zero attached hydrogens (tertiary/aromatic N) is 1. The van der Waals surface area contributed by atoms with Gasteiger partial charge in [0.2, 0.25) is 0 Å². The molecule has 3 aliphatic rings. The molecule has 204 valence electrons. The van der Waals surface area contributed by atoms with Gasteiger partial charge in [0.05, 0.1) is 0 Å². The van der Waals surface area contributed by atoms with E-state index in [9.17, 15) is 0 Å². The maximum Gasteiger partial charge on any atom is 0.0369 e. The summed E-state index contributed by atoms with van der Waals surface area (Å²) < 4.78 is 0. The predicted molar refractivity (Wildman–Crippen MR) is 164 cm³/mol. The van der Waals surface area contributed by atoms with Gasteiger partial charge in [-0.2, -0.15) is 0 Å². The fourth-order valence-electron chi connectivity index (χ4n) is 6.04. The number of nitrogens with one attached hydrogen (secondary N) is 1. The minimum atomic E-state index is 0.440. The highest BCUT2D eigenvalue weighted by Gasteiger charge is 2.25. The summed E-state index contributed by atoms with van der Waals surface area (Å²) in [5.74, 6) is 2.31. The lowest BCUT2D eigenvalue weighted by Crippen LogP contribution is -2.33. The molecule has 4 rings (SSSR count). The Bertz CT molecular complexity index is 920. The number of benzene rings is 1. The van der Waals surface area contributed by atoms with Crippen LogP contribution in [-0.4, -0.2) is 31.1 Å². The van der Waals surface area contributed by atoms with Crippen molar-refractivity contribution in [1.82, 2.24) is 10.2 Å². The average Bonchev–Trinajstić information content (AvgIpc) is 2.93. The molecule has 37 heavy (non-hydrogen) atoms. The zero-order valence-corrected chi connectivity index (χ0v) is 24.5. The monoisotopic (exact) mass is 502 g/mol. The third-order valence-corrected chi connectivity index (χ3v) is 8.40. The summed E-state index contributed by atoms with van der Waals surface area (Å²) in [6.07, 6.45) is 18.0. The van der Waals surface area contributed by atoms with Gasteiger partial charge in [-0.3, -0.25) is 0 Å². The van der Waals surface area contributed by atoms with E-state index in [-0.39, 0.29) is 0 Å². The van der Waals surface area contributed by atoms with Crippen molar-refractivity contribution in [3.05, 3.63) is 72.0 Å². The SMILES string of the molecule is C=C(c1ccccc1C1=CCCC=C1C(=C)N1CCC(CCCC2CCNCC2)CC1)C(C)C.CCC. The minimum absolute atomic E-state index is 0.440. The topological polar surface area (TPSA) is 15.3 Å². The van der Waals surface area contributed by atoms with Gasteiger partial charge < -0.3 is 10.2 Å². The van der Waals surface area contributed by atoms with Gasteiger partial charge in [0.25, 0.3) is 0 Å². The molecule has 2 saturated heterocycles. The quantitative estimate of drug-likeness (QED) is 0.362. The van der Waals surface area contributed by atoms with Gasteiger partial charge >= 0.3 is 0 Å². The third kappa shape index (κ3) is 8.47. The molecule has 0 amide bonds. The average molecular weight is 503 g/mol. The molecule has 2 fully saturated rings. The summed E-state index contributed by atoms with van der Waals surface area (Å²) in [5, 5.41) is 3.50. The summed E-state index contributed by atoms with van der Waals surface area (Å²) in [6, 6.07) is 8.82. The fourth-order valence-corrected chi connectivity index (χ4v) is 6.04. The van der Waals surface area contributed by atoms with Crippen molar-refractivity contribution in [1.29, 1.82) is 0 Å². The van der Waals surface area contributed by atoms with Crippen molar-refractivity contribution in [2.45, 2.75) is 91.9 Å². The first kappa shape index (κ1) is 29.5. The standard InChI is InChI=1S/C32H46N2.C3H8/c1-24(2)25(3)29-12-5-7-14-31(29)32-15-8-6-13-30(32)26(4)34-22-18-28(19-23-34)11-9-10-27-16-20-33-21-17-27;1-3-2/h5,7,12-15,24,27-28,33H,3-4,6,8-11,16-23H2,1-2H3;3H2,1-2H3. The van der Waals surface area contributed by atoms with Crippen molar-refractivity contribution in [2.75, 3.05) is 26.2 Å². The molecule has 1 aliphatic carbocycles. The Hall–Kier alpha value is -2.06. The van der Waals surface area contributed by atoms with Crippen LogP contribution in [0.2, 0.25) is 0 Å². The Morgan fingerprint density at radius 2 is 1.51 bits per heavy atom. The summed E-state index contributed by atoms with van der Waals surface area (Å²) in [6.45, 7) is 22.5. The Morgan fingerprint density at radius 3 is 2.16 bits per heavy atom. The molecule has 0 atom stereocenters. The fraction of sp³-hybridized carbons (Fsp3) is 0.600. The smallest absolute Gasteiger partial charge is 0.0369 e. The Balaban J connectivity index is 0.00000121. The van der Waals surface area contributed by atoms with E-state index in [1.165, 1.54) is 98.0 Å². The lowest BCUT2D eigenvalue weighted by atomic mass is 9.83. The first-order chi connectivity index (χ1) is 18.0. The van der Waals surface area contributed by atoms with Gasteiger partial charge in [-0.1, -0.05) is 103 Å². The molecule has 2 aliphatic heterocycles. The normalized spacial score (nSPS) is 19.1. The molecule has 0 spiro atoms. The van der Waals surface area contributed by atoms with Crippen molar-refractivity contribution < 1.29 is 0 Å². The zero-order chi connectivity index (χ0) is 26.6. The molecular weight excluding hydrogens is 448 g/mol. The molecule has 2 nitrogen and oxygen atoms in total. The number of rotatable bonds is 9. The van der Waals surface area contributed by atoms with Gasteiger partial charge in [-0.05, 0) is 91.6 Å². The number of hydrogen-bond donors (Lipinski definition) is 1. The summed E-state index contributed by atoms with van der Waals surface area (Å²) in [7, 11) is 0. The molecule has 0 radical (unpaired) electrons. The lowest BCUT2D eigenvalue weighted by molar-refractivity contribution is 0.215. The maximum absolute atomic E-state index is 4.62. The first-order valence-corrected chi connectivity index (χ1v) is 15.3. The molecule has 0 aromatic heterocycles. The second-order valence-electron chi connectivity index (χ2n) is 11.7. The summed E-state index contributed by atoms with van der Waals surface area (Å²) in [4.78, 5) is 2.56. The Kier molecular flexibility index (Phi) is 12.3. The second kappa shape index (κ2) is 15.4. The molecule has 1 N–H and O–H groups in total. The zero-order valence-electron chi connectivity index (χ0n) is 24.5. The largest absolute Gasteiger partial charge is 0.372 e. The van der Waals surface area contributed by atoms with Crippen LogP contribution < -0.4 is 5.32 Å². The van der Waals surface area contributed by atoms with Crippen LogP contribution in [0.4, 0.5) is 0 Å².